The topological polar surface area (TPSA) is 103 Å². The van der Waals surface area contributed by atoms with Crippen molar-refractivity contribution in [1.82, 2.24) is 10.6 Å². The average molecular weight is 426 g/mol. The summed E-state index contributed by atoms with van der Waals surface area (Å²) in [6.07, 6.45) is -0.545. The number of methoxy groups -OCH3 is 1. The molecule has 0 heterocycles. The Kier molecular flexibility index (Phi) is 7.61. The van der Waals surface area contributed by atoms with Crippen LogP contribution in [0.4, 0.5) is 4.79 Å². The van der Waals surface area contributed by atoms with Crippen molar-refractivity contribution in [1.29, 1.82) is 0 Å². The molecule has 0 saturated heterocycles. The van der Waals surface area contributed by atoms with Gasteiger partial charge >= 0.3 is 12.1 Å². The van der Waals surface area contributed by atoms with E-state index in [4.69, 9.17) is 9.47 Å². The van der Waals surface area contributed by atoms with Crippen LogP contribution in [-0.2, 0) is 23.8 Å². The molecule has 3 rings (SSSR count). The number of fused-ring (bicyclic) bond motifs is 3. The van der Waals surface area contributed by atoms with Crippen LogP contribution in [0.25, 0.3) is 11.1 Å². The van der Waals surface area contributed by atoms with Crippen molar-refractivity contribution in [2.75, 3.05) is 33.5 Å². The SMILES string of the molecule is COC(=O)[C@H](COCCNC(=O)OCC1c2ccccc2-c2ccccc21)NC(C)=O. The number of hydrogen-bond donors (Lipinski definition) is 2. The Morgan fingerprint density at radius 3 is 2.19 bits per heavy atom. The summed E-state index contributed by atoms with van der Waals surface area (Å²) < 4.78 is 15.4. The maximum absolute atomic E-state index is 12.1. The fourth-order valence-corrected chi connectivity index (χ4v) is 3.63. The summed E-state index contributed by atoms with van der Waals surface area (Å²) >= 11 is 0. The van der Waals surface area contributed by atoms with Gasteiger partial charge in [-0.1, -0.05) is 48.5 Å². The van der Waals surface area contributed by atoms with E-state index in [2.05, 4.69) is 39.6 Å². The second kappa shape index (κ2) is 10.6. The highest BCUT2D eigenvalue weighted by Gasteiger charge is 2.29. The Hall–Kier alpha value is -3.39. The second-order valence-electron chi connectivity index (χ2n) is 7.10. The third kappa shape index (κ3) is 5.61. The van der Waals surface area contributed by atoms with Gasteiger partial charge in [0.1, 0.15) is 6.61 Å². The van der Waals surface area contributed by atoms with Crippen LogP contribution in [0.15, 0.2) is 48.5 Å². The highest BCUT2D eigenvalue weighted by atomic mass is 16.6. The lowest BCUT2D eigenvalue weighted by Gasteiger charge is -2.16. The number of nitrogens with one attached hydrogen (secondary N) is 2. The third-order valence-electron chi connectivity index (χ3n) is 5.01. The predicted molar refractivity (Wildman–Crippen MR) is 114 cm³/mol. The number of rotatable bonds is 9. The van der Waals surface area contributed by atoms with Crippen molar-refractivity contribution < 1.29 is 28.6 Å². The van der Waals surface area contributed by atoms with E-state index in [1.807, 2.05) is 24.3 Å². The fourth-order valence-electron chi connectivity index (χ4n) is 3.63. The zero-order chi connectivity index (χ0) is 22.2. The smallest absolute Gasteiger partial charge is 0.407 e. The van der Waals surface area contributed by atoms with Gasteiger partial charge in [0.15, 0.2) is 6.04 Å². The maximum Gasteiger partial charge on any atom is 0.407 e. The highest BCUT2D eigenvalue weighted by Crippen LogP contribution is 2.44. The molecule has 8 heteroatoms. The van der Waals surface area contributed by atoms with Crippen LogP contribution in [0.3, 0.4) is 0 Å². The summed E-state index contributed by atoms with van der Waals surface area (Å²) in [5, 5.41) is 5.07. The predicted octanol–water partition coefficient (Wildman–Crippen LogP) is 2.22. The van der Waals surface area contributed by atoms with Gasteiger partial charge in [0.25, 0.3) is 0 Å². The summed E-state index contributed by atoms with van der Waals surface area (Å²) in [5.74, 6) is -0.969. The summed E-state index contributed by atoms with van der Waals surface area (Å²) in [7, 11) is 1.23. The van der Waals surface area contributed by atoms with E-state index < -0.39 is 18.1 Å². The maximum atomic E-state index is 12.1. The number of esters is 1. The van der Waals surface area contributed by atoms with Crippen molar-refractivity contribution in [2.45, 2.75) is 18.9 Å². The van der Waals surface area contributed by atoms with Gasteiger partial charge in [0.05, 0.1) is 20.3 Å². The van der Waals surface area contributed by atoms with E-state index in [1.165, 1.54) is 25.2 Å². The van der Waals surface area contributed by atoms with Crippen molar-refractivity contribution in [3.8, 4) is 11.1 Å². The molecule has 164 valence electrons. The second-order valence-corrected chi connectivity index (χ2v) is 7.10. The van der Waals surface area contributed by atoms with E-state index in [0.29, 0.717) is 0 Å². The number of carbonyl (C=O) groups excluding carboxylic acids is 3. The molecule has 0 bridgehead atoms. The molecule has 0 aromatic heterocycles. The van der Waals surface area contributed by atoms with Crippen molar-refractivity contribution in [3.05, 3.63) is 59.7 Å². The molecule has 2 N–H and O–H groups in total. The Labute approximate surface area is 180 Å². The summed E-state index contributed by atoms with van der Waals surface area (Å²) in [6, 6.07) is 15.4. The number of benzene rings is 2. The number of hydrogen-bond acceptors (Lipinski definition) is 6. The van der Waals surface area contributed by atoms with Gasteiger partial charge in [0.2, 0.25) is 5.91 Å². The summed E-state index contributed by atoms with van der Waals surface area (Å²) in [6.45, 7) is 1.82. The molecular formula is C23H26N2O6. The van der Waals surface area contributed by atoms with Crippen LogP contribution in [0.1, 0.15) is 24.0 Å². The molecule has 1 aliphatic carbocycles. The van der Waals surface area contributed by atoms with Crippen LogP contribution < -0.4 is 10.6 Å². The normalized spacial score (nSPS) is 13.0. The molecule has 0 fully saturated rings. The van der Waals surface area contributed by atoms with E-state index in [-0.39, 0.29) is 38.2 Å². The quantitative estimate of drug-likeness (QED) is 0.471. The summed E-state index contributed by atoms with van der Waals surface area (Å²) in [4.78, 5) is 34.8. The fraction of sp³-hybridized carbons (Fsp3) is 0.348. The highest BCUT2D eigenvalue weighted by molar-refractivity contribution is 5.83. The van der Waals surface area contributed by atoms with E-state index in [1.54, 1.807) is 0 Å². The van der Waals surface area contributed by atoms with Gasteiger partial charge < -0.3 is 24.8 Å². The minimum atomic E-state index is -0.892. The molecule has 31 heavy (non-hydrogen) atoms. The monoisotopic (exact) mass is 426 g/mol. The number of alkyl carbamates (subject to hydrolysis) is 1. The van der Waals surface area contributed by atoms with Crippen LogP contribution in [0.2, 0.25) is 0 Å². The average Bonchev–Trinajstić information content (AvgIpc) is 3.09. The number of ether oxygens (including phenoxy) is 3. The van der Waals surface area contributed by atoms with Crippen LogP contribution in [-0.4, -0.2) is 57.5 Å². The molecule has 0 saturated carbocycles. The standard InChI is InChI=1S/C23H26N2O6/c1-15(26)25-21(22(27)29-2)14-30-12-11-24-23(28)31-13-20-18-9-5-3-7-16(18)17-8-4-6-10-19(17)20/h3-10,20-21H,11-14H2,1-2H3,(H,24,28)(H,25,26)/t21-/m0/s1. The van der Waals surface area contributed by atoms with Gasteiger partial charge in [0, 0.05) is 19.4 Å². The molecule has 8 nitrogen and oxygen atoms in total. The van der Waals surface area contributed by atoms with Crippen molar-refractivity contribution in [3.63, 3.8) is 0 Å². The molecule has 0 spiro atoms. The molecule has 2 aromatic carbocycles. The molecule has 0 radical (unpaired) electrons. The minimum Gasteiger partial charge on any atom is -0.467 e. The summed E-state index contributed by atoms with van der Waals surface area (Å²) in [5.41, 5.74) is 4.62. The van der Waals surface area contributed by atoms with Crippen LogP contribution in [0, 0.1) is 0 Å². The molecule has 0 aliphatic heterocycles. The molecular weight excluding hydrogens is 400 g/mol. The van der Waals surface area contributed by atoms with E-state index in [9.17, 15) is 14.4 Å². The Balaban J connectivity index is 1.43. The molecule has 0 unspecified atom stereocenters. The van der Waals surface area contributed by atoms with Gasteiger partial charge in [-0.25, -0.2) is 9.59 Å². The molecule has 2 amide bonds. The number of carbonyl (C=O) groups is 3. The zero-order valence-corrected chi connectivity index (χ0v) is 17.6. The van der Waals surface area contributed by atoms with Gasteiger partial charge in [-0.05, 0) is 22.3 Å². The number of amides is 2. The van der Waals surface area contributed by atoms with Crippen LogP contribution in [0.5, 0.6) is 0 Å². The lowest BCUT2D eigenvalue weighted by Crippen LogP contribution is -2.44. The van der Waals surface area contributed by atoms with Crippen molar-refractivity contribution >= 4 is 18.0 Å². The lowest BCUT2D eigenvalue weighted by molar-refractivity contribution is -0.146. The van der Waals surface area contributed by atoms with Gasteiger partial charge in [-0.15, -0.1) is 0 Å². The first-order valence-electron chi connectivity index (χ1n) is 10.0. The Bertz CT molecular complexity index is 900. The largest absolute Gasteiger partial charge is 0.467 e. The van der Waals surface area contributed by atoms with E-state index >= 15 is 0 Å². The Morgan fingerprint density at radius 2 is 1.61 bits per heavy atom. The first kappa shape index (κ1) is 22.3. The lowest BCUT2D eigenvalue weighted by atomic mass is 9.98. The van der Waals surface area contributed by atoms with Crippen molar-refractivity contribution in [2.24, 2.45) is 0 Å². The third-order valence-corrected chi connectivity index (χ3v) is 5.01. The minimum absolute atomic E-state index is 0.00660. The first-order chi connectivity index (χ1) is 15.0. The first-order valence-corrected chi connectivity index (χ1v) is 10.0. The molecule has 2 aromatic rings. The molecule has 1 aliphatic rings. The van der Waals surface area contributed by atoms with Crippen LogP contribution >= 0.6 is 0 Å². The Morgan fingerprint density at radius 1 is 1.00 bits per heavy atom. The van der Waals surface area contributed by atoms with Gasteiger partial charge in [-0.3, -0.25) is 4.79 Å². The van der Waals surface area contributed by atoms with E-state index in [0.717, 1.165) is 11.1 Å². The van der Waals surface area contributed by atoms with Gasteiger partial charge in [-0.2, -0.15) is 0 Å². The zero-order valence-electron chi connectivity index (χ0n) is 17.6. The molecule has 1 atom stereocenters.